The second kappa shape index (κ2) is 10.3. The molecule has 31 heavy (non-hydrogen) atoms. The van der Waals surface area contributed by atoms with Crippen LogP contribution >= 0.6 is 0 Å². The molecule has 166 valence electrons. The Kier molecular flexibility index (Phi) is 7.47. The third-order valence-electron chi connectivity index (χ3n) is 4.69. The summed E-state index contributed by atoms with van der Waals surface area (Å²) in [5.41, 5.74) is -0.00540. The van der Waals surface area contributed by atoms with Crippen molar-refractivity contribution in [2.75, 3.05) is 11.9 Å². The molecule has 11 heteroatoms. The molecule has 1 aliphatic rings. The van der Waals surface area contributed by atoms with Gasteiger partial charge in [0.2, 0.25) is 5.91 Å². The van der Waals surface area contributed by atoms with Crippen LogP contribution in [0.3, 0.4) is 0 Å². The van der Waals surface area contributed by atoms with E-state index < -0.39 is 48.7 Å². The number of amides is 1. The van der Waals surface area contributed by atoms with Gasteiger partial charge in [-0.2, -0.15) is 4.98 Å². The lowest BCUT2D eigenvalue weighted by molar-refractivity contribution is -0.145. The number of ether oxygens (including phenoxy) is 2. The SMILES string of the molecule is O=C(CCC(=O)OCc1ccccc1)Nc1ccn([C@@H]2O[C@H](CO)[C@@H](O)[C@@H]2O)c(=O)n1. The van der Waals surface area contributed by atoms with E-state index in [-0.39, 0.29) is 25.3 Å². The molecule has 1 aromatic carbocycles. The van der Waals surface area contributed by atoms with E-state index in [4.69, 9.17) is 14.6 Å². The van der Waals surface area contributed by atoms with E-state index in [1.807, 2.05) is 30.3 Å². The van der Waals surface area contributed by atoms with Gasteiger partial charge in [0.15, 0.2) is 6.23 Å². The quantitative estimate of drug-likeness (QED) is 0.395. The van der Waals surface area contributed by atoms with E-state index in [1.165, 1.54) is 12.3 Å². The molecule has 2 aromatic rings. The van der Waals surface area contributed by atoms with Crippen molar-refractivity contribution >= 4 is 17.7 Å². The molecule has 1 aromatic heterocycles. The molecule has 1 amide bonds. The van der Waals surface area contributed by atoms with Crippen LogP contribution in [-0.4, -0.2) is 61.7 Å². The molecule has 0 unspecified atom stereocenters. The van der Waals surface area contributed by atoms with Crippen LogP contribution in [0.5, 0.6) is 0 Å². The summed E-state index contributed by atoms with van der Waals surface area (Å²) in [6.45, 7) is -0.416. The number of nitrogens with one attached hydrogen (secondary N) is 1. The first-order valence-electron chi connectivity index (χ1n) is 9.60. The molecule has 11 nitrogen and oxygen atoms in total. The fraction of sp³-hybridized carbons (Fsp3) is 0.400. The summed E-state index contributed by atoms with van der Waals surface area (Å²) in [5.74, 6) is -1.11. The Morgan fingerprint density at radius 3 is 2.52 bits per heavy atom. The fourth-order valence-electron chi connectivity index (χ4n) is 3.02. The predicted octanol–water partition coefficient (Wildman–Crippen LogP) is -0.683. The zero-order valence-electron chi connectivity index (χ0n) is 16.5. The molecular weight excluding hydrogens is 410 g/mol. The number of aliphatic hydroxyl groups is 3. The first-order chi connectivity index (χ1) is 14.9. The zero-order chi connectivity index (χ0) is 22.4. The van der Waals surface area contributed by atoms with Crippen LogP contribution in [0.2, 0.25) is 0 Å². The van der Waals surface area contributed by atoms with Crippen molar-refractivity contribution in [3.05, 3.63) is 58.6 Å². The first kappa shape index (κ1) is 22.6. The molecule has 1 aliphatic heterocycles. The number of carbonyl (C=O) groups is 2. The van der Waals surface area contributed by atoms with Gasteiger partial charge in [0.25, 0.3) is 0 Å². The molecule has 0 saturated carbocycles. The molecule has 0 spiro atoms. The van der Waals surface area contributed by atoms with Crippen molar-refractivity contribution in [1.29, 1.82) is 0 Å². The molecule has 2 heterocycles. The fourth-order valence-corrected chi connectivity index (χ4v) is 3.02. The third-order valence-corrected chi connectivity index (χ3v) is 4.69. The molecule has 4 atom stereocenters. The maximum Gasteiger partial charge on any atom is 0.351 e. The van der Waals surface area contributed by atoms with Gasteiger partial charge in [0.05, 0.1) is 13.0 Å². The minimum Gasteiger partial charge on any atom is -0.461 e. The van der Waals surface area contributed by atoms with Crippen molar-refractivity contribution < 1.29 is 34.4 Å². The molecular formula is C20H23N3O8. The highest BCUT2D eigenvalue weighted by atomic mass is 16.6. The number of carbonyl (C=O) groups excluding carboxylic acids is 2. The zero-order valence-corrected chi connectivity index (χ0v) is 16.5. The molecule has 0 aliphatic carbocycles. The summed E-state index contributed by atoms with van der Waals surface area (Å²) >= 11 is 0. The van der Waals surface area contributed by atoms with E-state index in [0.29, 0.717) is 0 Å². The number of hydrogen-bond donors (Lipinski definition) is 4. The van der Waals surface area contributed by atoms with Crippen molar-refractivity contribution in [3.63, 3.8) is 0 Å². The van der Waals surface area contributed by atoms with E-state index in [1.54, 1.807) is 0 Å². The van der Waals surface area contributed by atoms with Gasteiger partial charge >= 0.3 is 11.7 Å². The average molecular weight is 433 g/mol. The van der Waals surface area contributed by atoms with Gasteiger partial charge in [-0.25, -0.2) is 4.79 Å². The van der Waals surface area contributed by atoms with Crippen molar-refractivity contribution in [2.24, 2.45) is 0 Å². The summed E-state index contributed by atoms with van der Waals surface area (Å²) in [4.78, 5) is 39.7. The van der Waals surface area contributed by atoms with Crippen molar-refractivity contribution in [3.8, 4) is 0 Å². The minimum atomic E-state index is -1.43. The summed E-state index contributed by atoms with van der Waals surface area (Å²) < 4.78 is 11.3. The maximum atomic E-state index is 12.2. The lowest BCUT2D eigenvalue weighted by Gasteiger charge is -2.17. The van der Waals surface area contributed by atoms with Gasteiger partial charge in [-0.05, 0) is 11.6 Å². The second-order valence-corrected chi connectivity index (χ2v) is 6.93. The van der Waals surface area contributed by atoms with Crippen LogP contribution in [0.15, 0.2) is 47.4 Å². The Morgan fingerprint density at radius 1 is 1.13 bits per heavy atom. The summed E-state index contributed by atoms with van der Waals surface area (Å²) in [6, 6.07) is 10.4. The summed E-state index contributed by atoms with van der Waals surface area (Å²) in [7, 11) is 0. The van der Waals surface area contributed by atoms with Crippen LogP contribution in [0.4, 0.5) is 5.82 Å². The molecule has 3 rings (SSSR count). The van der Waals surface area contributed by atoms with Gasteiger partial charge in [0.1, 0.15) is 30.7 Å². The number of aromatic nitrogens is 2. The topological polar surface area (TPSA) is 160 Å². The van der Waals surface area contributed by atoms with Crippen LogP contribution in [0.25, 0.3) is 0 Å². The Hall–Kier alpha value is -3.12. The van der Waals surface area contributed by atoms with E-state index in [0.717, 1.165) is 10.1 Å². The van der Waals surface area contributed by atoms with E-state index in [2.05, 4.69) is 10.3 Å². The Bertz CT molecular complexity index is 964. The van der Waals surface area contributed by atoms with E-state index in [9.17, 15) is 24.6 Å². The molecule has 4 N–H and O–H groups in total. The normalized spacial score (nSPS) is 22.8. The largest absolute Gasteiger partial charge is 0.461 e. The van der Waals surface area contributed by atoms with Gasteiger partial charge < -0.3 is 30.1 Å². The summed E-state index contributed by atoms with van der Waals surface area (Å²) in [5, 5.41) is 31.3. The third kappa shape index (κ3) is 5.73. The Morgan fingerprint density at radius 2 is 1.87 bits per heavy atom. The monoisotopic (exact) mass is 433 g/mol. The number of aliphatic hydroxyl groups excluding tert-OH is 3. The number of rotatable bonds is 8. The Labute approximate surface area is 176 Å². The highest BCUT2D eigenvalue weighted by molar-refractivity contribution is 5.91. The molecule has 0 radical (unpaired) electrons. The number of hydrogen-bond acceptors (Lipinski definition) is 9. The lowest BCUT2D eigenvalue weighted by Crippen LogP contribution is -2.36. The van der Waals surface area contributed by atoms with Crippen LogP contribution in [0.1, 0.15) is 24.6 Å². The van der Waals surface area contributed by atoms with Gasteiger partial charge in [-0.1, -0.05) is 30.3 Å². The first-order valence-corrected chi connectivity index (χ1v) is 9.60. The number of anilines is 1. The Balaban J connectivity index is 1.50. The second-order valence-electron chi connectivity index (χ2n) is 6.93. The average Bonchev–Trinajstić information content (AvgIpc) is 3.05. The van der Waals surface area contributed by atoms with E-state index >= 15 is 0 Å². The highest BCUT2D eigenvalue weighted by Gasteiger charge is 2.43. The lowest BCUT2D eigenvalue weighted by atomic mass is 10.1. The van der Waals surface area contributed by atoms with Crippen LogP contribution < -0.4 is 11.0 Å². The van der Waals surface area contributed by atoms with Crippen molar-refractivity contribution in [1.82, 2.24) is 9.55 Å². The minimum absolute atomic E-state index is 0.0457. The number of benzene rings is 1. The van der Waals surface area contributed by atoms with Crippen LogP contribution in [0, 0.1) is 0 Å². The van der Waals surface area contributed by atoms with Crippen LogP contribution in [-0.2, 0) is 25.7 Å². The highest BCUT2D eigenvalue weighted by Crippen LogP contribution is 2.28. The molecule has 1 saturated heterocycles. The number of nitrogens with zero attached hydrogens (tertiary/aromatic N) is 2. The summed E-state index contributed by atoms with van der Waals surface area (Å²) in [6.07, 6.45) is -4.11. The smallest absolute Gasteiger partial charge is 0.351 e. The number of esters is 1. The molecule has 1 fully saturated rings. The van der Waals surface area contributed by atoms with Gasteiger partial charge in [-0.3, -0.25) is 14.2 Å². The van der Waals surface area contributed by atoms with Crippen molar-refractivity contribution in [2.45, 2.75) is 44.0 Å². The van der Waals surface area contributed by atoms with Gasteiger partial charge in [-0.15, -0.1) is 0 Å². The standard InChI is InChI=1S/C20H23N3O8/c24-10-13-17(27)18(28)19(31-13)23-9-8-14(22-20(23)29)21-15(25)6-7-16(26)30-11-12-4-2-1-3-5-12/h1-5,8-9,13,17-19,24,27-28H,6-7,10-11H2,(H,21,22,25,29)/t13-,17-,18+,19-/m1/s1. The maximum absolute atomic E-state index is 12.2. The van der Waals surface area contributed by atoms with Gasteiger partial charge in [0, 0.05) is 12.6 Å². The molecule has 0 bridgehead atoms. The predicted molar refractivity (Wildman–Crippen MR) is 106 cm³/mol.